The van der Waals surface area contributed by atoms with Gasteiger partial charge < -0.3 is 20.3 Å². The average Bonchev–Trinajstić information content (AvgIpc) is 2.29. The standard InChI is InChI=1S/C12H19NO3/c1-10-3-2-4-11(12(10)15)9-13-5-7-16-8-6-14/h2-4,13-15H,5-9H2,1H3. The average molecular weight is 225 g/mol. The summed E-state index contributed by atoms with van der Waals surface area (Å²) in [6.07, 6.45) is 0. The number of aromatic hydroxyl groups is 1. The van der Waals surface area contributed by atoms with Gasteiger partial charge in [-0.3, -0.25) is 0 Å². The minimum absolute atomic E-state index is 0.0542. The largest absolute Gasteiger partial charge is 0.507 e. The highest BCUT2D eigenvalue weighted by molar-refractivity contribution is 5.39. The van der Waals surface area contributed by atoms with Crippen molar-refractivity contribution in [1.29, 1.82) is 0 Å². The first-order valence-corrected chi connectivity index (χ1v) is 5.42. The Labute approximate surface area is 95.9 Å². The number of phenols is 1. The summed E-state index contributed by atoms with van der Waals surface area (Å²) >= 11 is 0. The Kier molecular flexibility index (Phi) is 5.85. The Bertz CT molecular complexity index is 315. The van der Waals surface area contributed by atoms with Gasteiger partial charge in [-0.2, -0.15) is 0 Å². The van der Waals surface area contributed by atoms with Crippen molar-refractivity contribution in [2.24, 2.45) is 0 Å². The number of phenolic OH excluding ortho intramolecular Hbond substituents is 1. The third-order valence-electron chi connectivity index (χ3n) is 2.30. The van der Waals surface area contributed by atoms with E-state index in [1.807, 2.05) is 25.1 Å². The maximum absolute atomic E-state index is 9.73. The topological polar surface area (TPSA) is 61.7 Å². The highest BCUT2D eigenvalue weighted by Gasteiger charge is 2.02. The molecule has 4 heteroatoms. The molecule has 0 unspecified atom stereocenters. The van der Waals surface area contributed by atoms with Crippen LogP contribution < -0.4 is 5.32 Å². The lowest BCUT2D eigenvalue weighted by molar-refractivity contribution is 0.0938. The van der Waals surface area contributed by atoms with Crippen molar-refractivity contribution in [1.82, 2.24) is 5.32 Å². The van der Waals surface area contributed by atoms with Crippen molar-refractivity contribution in [2.45, 2.75) is 13.5 Å². The fraction of sp³-hybridized carbons (Fsp3) is 0.500. The van der Waals surface area contributed by atoms with Gasteiger partial charge >= 0.3 is 0 Å². The molecule has 0 saturated carbocycles. The van der Waals surface area contributed by atoms with E-state index in [9.17, 15) is 5.11 Å². The molecule has 16 heavy (non-hydrogen) atoms. The minimum Gasteiger partial charge on any atom is -0.507 e. The third kappa shape index (κ3) is 4.18. The predicted molar refractivity (Wildman–Crippen MR) is 62.5 cm³/mol. The summed E-state index contributed by atoms with van der Waals surface area (Å²) in [5.41, 5.74) is 1.78. The van der Waals surface area contributed by atoms with E-state index >= 15 is 0 Å². The molecular formula is C12H19NO3. The van der Waals surface area contributed by atoms with Crippen LogP contribution in [0.2, 0.25) is 0 Å². The zero-order valence-electron chi connectivity index (χ0n) is 9.57. The van der Waals surface area contributed by atoms with Crippen LogP contribution in [0.25, 0.3) is 0 Å². The number of ether oxygens (including phenoxy) is 1. The zero-order chi connectivity index (χ0) is 11.8. The number of rotatable bonds is 7. The molecule has 90 valence electrons. The van der Waals surface area contributed by atoms with Crippen LogP contribution in [-0.4, -0.2) is 36.6 Å². The van der Waals surface area contributed by atoms with Crippen molar-refractivity contribution in [3.63, 3.8) is 0 Å². The second kappa shape index (κ2) is 7.22. The smallest absolute Gasteiger partial charge is 0.122 e. The van der Waals surface area contributed by atoms with Crippen molar-refractivity contribution in [3.8, 4) is 5.75 Å². The summed E-state index contributed by atoms with van der Waals surface area (Å²) in [5, 5.41) is 21.4. The first-order valence-electron chi connectivity index (χ1n) is 5.42. The molecule has 3 N–H and O–H groups in total. The lowest BCUT2D eigenvalue weighted by Gasteiger charge is -2.08. The zero-order valence-corrected chi connectivity index (χ0v) is 9.57. The van der Waals surface area contributed by atoms with Gasteiger partial charge in [0.2, 0.25) is 0 Å². The van der Waals surface area contributed by atoms with Gasteiger partial charge in [0.25, 0.3) is 0 Å². The number of aryl methyl sites for hydroxylation is 1. The minimum atomic E-state index is 0.0542. The van der Waals surface area contributed by atoms with Gasteiger partial charge in [-0.05, 0) is 12.5 Å². The second-order valence-electron chi connectivity index (χ2n) is 3.60. The fourth-order valence-electron chi connectivity index (χ4n) is 1.40. The van der Waals surface area contributed by atoms with Crippen LogP contribution in [-0.2, 0) is 11.3 Å². The normalized spacial score (nSPS) is 10.6. The van der Waals surface area contributed by atoms with Crippen LogP contribution in [0.3, 0.4) is 0 Å². The summed E-state index contributed by atoms with van der Waals surface area (Å²) < 4.78 is 5.10. The van der Waals surface area contributed by atoms with E-state index in [1.54, 1.807) is 0 Å². The van der Waals surface area contributed by atoms with Crippen LogP contribution in [0, 0.1) is 6.92 Å². The SMILES string of the molecule is Cc1cccc(CNCCOCCO)c1O. The molecule has 1 aromatic rings. The van der Waals surface area contributed by atoms with E-state index in [0.717, 1.165) is 11.1 Å². The van der Waals surface area contributed by atoms with Crippen LogP contribution in [0.5, 0.6) is 5.75 Å². The lowest BCUT2D eigenvalue weighted by atomic mass is 10.1. The molecule has 0 atom stereocenters. The molecule has 0 aromatic heterocycles. The number of nitrogens with one attached hydrogen (secondary N) is 1. The van der Waals surface area contributed by atoms with Gasteiger partial charge in [0.1, 0.15) is 5.75 Å². The van der Waals surface area contributed by atoms with Crippen molar-refractivity contribution in [2.75, 3.05) is 26.4 Å². The Morgan fingerprint density at radius 1 is 1.31 bits per heavy atom. The summed E-state index contributed by atoms with van der Waals surface area (Å²) in [6.45, 7) is 4.19. The maximum atomic E-state index is 9.73. The van der Waals surface area contributed by atoms with Crippen molar-refractivity contribution < 1.29 is 14.9 Å². The molecule has 0 fully saturated rings. The Morgan fingerprint density at radius 3 is 2.88 bits per heavy atom. The number of benzene rings is 1. The molecule has 0 aliphatic rings. The Hall–Kier alpha value is -1.10. The Morgan fingerprint density at radius 2 is 2.12 bits per heavy atom. The second-order valence-corrected chi connectivity index (χ2v) is 3.60. The monoisotopic (exact) mass is 225 g/mol. The Balaban J connectivity index is 2.24. The molecule has 0 amide bonds. The van der Waals surface area contributed by atoms with E-state index in [-0.39, 0.29) is 6.61 Å². The lowest BCUT2D eigenvalue weighted by Crippen LogP contribution is -2.20. The molecule has 0 saturated heterocycles. The summed E-state index contributed by atoms with van der Waals surface area (Å²) in [7, 11) is 0. The summed E-state index contributed by atoms with van der Waals surface area (Å²) in [6, 6.07) is 5.70. The van der Waals surface area contributed by atoms with Crippen LogP contribution in [0.4, 0.5) is 0 Å². The molecule has 0 bridgehead atoms. The molecule has 0 aliphatic heterocycles. The van der Waals surface area contributed by atoms with Crippen molar-refractivity contribution >= 4 is 0 Å². The van der Waals surface area contributed by atoms with Gasteiger partial charge in [0, 0.05) is 18.7 Å². The molecular weight excluding hydrogens is 206 g/mol. The van der Waals surface area contributed by atoms with Gasteiger partial charge in [-0.15, -0.1) is 0 Å². The number of aliphatic hydroxyl groups is 1. The third-order valence-corrected chi connectivity index (χ3v) is 2.30. The van der Waals surface area contributed by atoms with E-state index in [1.165, 1.54) is 0 Å². The van der Waals surface area contributed by atoms with E-state index in [2.05, 4.69) is 5.32 Å². The highest BCUT2D eigenvalue weighted by atomic mass is 16.5. The molecule has 0 heterocycles. The molecule has 4 nitrogen and oxygen atoms in total. The fourth-order valence-corrected chi connectivity index (χ4v) is 1.40. The van der Waals surface area contributed by atoms with E-state index in [4.69, 9.17) is 9.84 Å². The molecule has 0 radical (unpaired) electrons. The van der Waals surface area contributed by atoms with E-state index < -0.39 is 0 Å². The first-order chi connectivity index (χ1) is 7.75. The van der Waals surface area contributed by atoms with Crippen molar-refractivity contribution in [3.05, 3.63) is 29.3 Å². The quantitative estimate of drug-likeness (QED) is 0.601. The van der Waals surface area contributed by atoms with Gasteiger partial charge in [-0.25, -0.2) is 0 Å². The molecule has 1 rings (SSSR count). The number of hydrogen-bond acceptors (Lipinski definition) is 4. The van der Waals surface area contributed by atoms with Gasteiger partial charge in [0.05, 0.1) is 19.8 Å². The van der Waals surface area contributed by atoms with E-state index in [0.29, 0.717) is 32.1 Å². The molecule has 0 spiro atoms. The number of hydrogen-bond donors (Lipinski definition) is 3. The predicted octanol–water partition coefficient (Wildman–Crippen LogP) is 0.799. The first kappa shape index (κ1) is 13.0. The van der Waals surface area contributed by atoms with Crippen LogP contribution in [0.15, 0.2) is 18.2 Å². The van der Waals surface area contributed by atoms with Crippen LogP contribution in [0.1, 0.15) is 11.1 Å². The maximum Gasteiger partial charge on any atom is 0.122 e. The molecule has 1 aromatic carbocycles. The number of aliphatic hydroxyl groups excluding tert-OH is 1. The number of para-hydroxylation sites is 1. The van der Waals surface area contributed by atoms with Gasteiger partial charge in [-0.1, -0.05) is 18.2 Å². The molecule has 0 aliphatic carbocycles. The summed E-state index contributed by atoms with van der Waals surface area (Å²) in [4.78, 5) is 0. The van der Waals surface area contributed by atoms with Crippen LogP contribution >= 0.6 is 0 Å². The summed E-state index contributed by atoms with van der Waals surface area (Å²) in [5.74, 6) is 0.353. The highest BCUT2D eigenvalue weighted by Crippen LogP contribution is 2.20. The van der Waals surface area contributed by atoms with Gasteiger partial charge in [0.15, 0.2) is 0 Å².